The van der Waals surface area contributed by atoms with E-state index in [4.69, 9.17) is 9.47 Å². The minimum Gasteiger partial charge on any atom is -0.497 e. The van der Waals surface area contributed by atoms with Gasteiger partial charge in [-0.05, 0) is 30.3 Å². The Hall–Kier alpha value is -2.56. The second-order valence-electron chi connectivity index (χ2n) is 4.32. The minimum atomic E-state index is -0.397. The smallest absolute Gasteiger partial charge is 0.155 e. The number of benzene rings is 2. The Labute approximate surface area is 115 Å². The van der Waals surface area contributed by atoms with Crippen LogP contribution < -0.4 is 9.47 Å². The van der Waals surface area contributed by atoms with Crippen molar-refractivity contribution in [2.75, 3.05) is 14.2 Å². The number of fused-ring (bicyclic) bond motifs is 1. The lowest BCUT2D eigenvalue weighted by atomic mass is 10.2. The number of ether oxygens (including phenoxy) is 2. The molecule has 3 aromatic rings. The number of methoxy groups -OCH3 is 2. The van der Waals surface area contributed by atoms with Crippen molar-refractivity contribution in [2.45, 2.75) is 0 Å². The molecule has 0 aliphatic heterocycles. The van der Waals surface area contributed by atoms with Gasteiger partial charge in [-0.15, -0.1) is 0 Å². The van der Waals surface area contributed by atoms with Crippen LogP contribution in [-0.2, 0) is 0 Å². The molecule has 0 spiro atoms. The van der Waals surface area contributed by atoms with E-state index < -0.39 is 5.82 Å². The summed E-state index contributed by atoms with van der Waals surface area (Å²) in [5.41, 5.74) is 1.15. The number of aromatic nitrogens is 2. The van der Waals surface area contributed by atoms with E-state index in [-0.39, 0.29) is 0 Å². The molecule has 0 amide bonds. The van der Waals surface area contributed by atoms with Crippen LogP contribution in [0.3, 0.4) is 0 Å². The van der Waals surface area contributed by atoms with E-state index in [2.05, 4.69) is 5.10 Å². The van der Waals surface area contributed by atoms with Gasteiger partial charge in [0.1, 0.15) is 17.0 Å². The Morgan fingerprint density at radius 2 is 1.70 bits per heavy atom. The molecular weight excluding hydrogens is 259 g/mol. The molecule has 1 heterocycles. The molecule has 0 fully saturated rings. The summed E-state index contributed by atoms with van der Waals surface area (Å²) < 4.78 is 25.7. The van der Waals surface area contributed by atoms with Crippen molar-refractivity contribution < 1.29 is 13.9 Å². The zero-order chi connectivity index (χ0) is 14.1. The topological polar surface area (TPSA) is 36.3 Å². The number of halogens is 1. The molecule has 0 saturated heterocycles. The van der Waals surface area contributed by atoms with Crippen LogP contribution in [0.1, 0.15) is 0 Å². The average molecular weight is 272 g/mol. The molecule has 3 rings (SSSR count). The van der Waals surface area contributed by atoms with E-state index in [1.54, 1.807) is 24.1 Å². The third kappa shape index (κ3) is 2.07. The maximum absolute atomic E-state index is 13.9. The van der Waals surface area contributed by atoms with Gasteiger partial charge in [-0.1, -0.05) is 0 Å². The quantitative estimate of drug-likeness (QED) is 0.734. The largest absolute Gasteiger partial charge is 0.497 e. The molecule has 1 aromatic heterocycles. The first-order valence-electron chi connectivity index (χ1n) is 6.08. The molecule has 0 aliphatic carbocycles. The average Bonchev–Trinajstić information content (AvgIpc) is 2.92. The van der Waals surface area contributed by atoms with Crippen molar-refractivity contribution in [3.05, 3.63) is 48.4 Å². The molecule has 0 unspecified atom stereocenters. The highest BCUT2D eigenvalue weighted by atomic mass is 19.1. The van der Waals surface area contributed by atoms with Gasteiger partial charge in [-0.25, -0.2) is 9.07 Å². The van der Waals surface area contributed by atoms with Gasteiger partial charge in [0.25, 0.3) is 0 Å². The van der Waals surface area contributed by atoms with Crippen LogP contribution in [0.5, 0.6) is 11.5 Å². The molecule has 0 aliphatic rings. The Morgan fingerprint density at radius 3 is 2.35 bits per heavy atom. The number of hydrogen-bond acceptors (Lipinski definition) is 3. The molecule has 0 N–H and O–H groups in total. The van der Waals surface area contributed by atoms with Gasteiger partial charge in [0, 0.05) is 17.6 Å². The molecule has 20 heavy (non-hydrogen) atoms. The summed E-state index contributed by atoms with van der Waals surface area (Å²) >= 11 is 0. The normalized spacial score (nSPS) is 10.8. The number of rotatable bonds is 3. The van der Waals surface area contributed by atoms with E-state index >= 15 is 0 Å². The van der Waals surface area contributed by atoms with Gasteiger partial charge >= 0.3 is 0 Å². The molecule has 0 bridgehead atoms. The van der Waals surface area contributed by atoms with Crippen LogP contribution in [0.15, 0.2) is 42.6 Å². The van der Waals surface area contributed by atoms with E-state index in [9.17, 15) is 4.39 Å². The number of nitrogens with zero attached hydrogens (tertiary/aromatic N) is 2. The molecule has 0 radical (unpaired) electrons. The van der Waals surface area contributed by atoms with Crippen molar-refractivity contribution >= 4 is 10.9 Å². The monoisotopic (exact) mass is 272 g/mol. The lowest BCUT2D eigenvalue weighted by Crippen LogP contribution is -1.94. The van der Waals surface area contributed by atoms with Crippen LogP contribution in [-0.4, -0.2) is 24.0 Å². The first-order valence-corrected chi connectivity index (χ1v) is 6.08. The lowest BCUT2D eigenvalue weighted by Gasteiger charge is -2.02. The van der Waals surface area contributed by atoms with Crippen molar-refractivity contribution in [2.24, 2.45) is 0 Å². The summed E-state index contributed by atoms with van der Waals surface area (Å²) in [5.74, 6) is 0.842. The van der Waals surface area contributed by atoms with Crippen molar-refractivity contribution in [3.63, 3.8) is 0 Å². The second kappa shape index (κ2) is 4.85. The van der Waals surface area contributed by atoms with Crippen LogP contribution in [0.4, 0.5) is 4.39 Å². The lowest BCUT2D eigenvalue weighted by molar-refractivity contribution is 0.412. The third-order valence-corrected chi connectivity index (χ3v) is 3.11. The van der Waals surface area contributed by atoms with E-state index in [1.807, 2.05) is 24.3 Å². The maximum Gasteiger partial charge on any atom is 0.155 e. The fourth-order valence-electron chi connectivity index (χ4n) is 2.05. The van der Waals surface area contributed by atoms with Gasteiger partial charge in [0.05, 0.1) is 19.9 Å². The molecule has 0 atom stereocenters. The van der Waals surface area contributed by atoms with Crippen molar-refractivity contribution in [1.29, 1.82) is 0 Å². The Morgan fingerprint density at radius 1 is 1.00 bits per heavy atom. The second-order valence-corrected chi connectivity index (χ2v) is 4.32. The summed E-state index contributed by atoms with van der Waals surface area (Å²) in [5, 5.41) is 4.95. The molecular formula is C15H13FN2O2. The van der Waals surface area contributed by atoms with Crippen LogP contribution >= 0.6 is 0 Å². The summed E-state index contributed by atoms with van der Waals surface area (Å²) in [7, 11) is 3.12. The Bertz CT molecular complexity index is 750. The minimum absolute atomic E-state index is 0.321. The summed E-state index contributed by atoms with van der Waals surface area (Å²) in [4.78, 5) is 0. The SMILES string of the molecule is COc1ccc(-n2cc3cc(OC)cc(F)c3n2)cc1. The highest BCUT2D eigenvalue weighted by molar-refractivity contribution is 5.80. The van der Waals surface area contributed by atoms with Gasteiger partial charge in [0.2, 0.25) is 0 Å². The molecule has 2 aromatic carbocycles. The van der Waals surface area contributed by atoms with Gasteiger partial charge < -0.3 is 9.47 Å². The molecule has 0 saturated carbocycles. The maximum atomic E-state index is 13.9. The number of hydrogen-bond donors (Lipinski definition) is 0. The predicted molar refractivity (Wildman–Crippen MR) is 74.1 cm³/mol. The molecule has 102 valence electrons. The van der Waals surface area contributed by atoms with Gasteiger partial charge in [-0.3, -0.25) is 0 Å². The van der Waals surface area contributed by atoms with Gasteiger partial charge in [0.15, 0.2) is 5.82 Å². The predicted octanol–water partition coefficient (Wildman–Crippen LogP) is 3.18. The van der Waals surface area contributed by atoms with Crippen molar-refractivity contribution in [1.82, 2.24) is 9.78 Å². The van der Waals surface area contributed by atoms with Crippen molar-refractivity contribution in [3.8, 4) is 17.2 Å². The first kappa shape index (κ1) is 12.5. The van der Waals surface area contributed by atoms with E-state index in [0.717, 1.165) is 11.4 Å². The Kier molecular flexibility index (Phi) is 3.02. The van der Waals surface area contributed by atoms with E-state index in [0.29, 0.717) is 16.7 Å². The van der Waals surface area contributed by atoms with Crippen LogP contribution in [0.2, 0.25) is 0 Å². The zero-order valence-electron chi connectivity index (χ0n) is 11.1. The summed E-state index contributed by atoms with van der Waals surface area (Å²) in [6.07, 6.45) is 1.77. The highest BCUT2D eigenvalue weighted by Crippen LogP contribution is 2.25. The summed E-state index contributed by atoms with van der Waals surface area (Å²) in [6.45, 7) is 0. The highest BCUT2D eigenvalue weighted by Gasteiger charge is 2.10. The standard InChI is InChI=1S/C15H13FN2O2/c1-19-12-5-3-11(4-6-12)18-9-10-7-13(20-2)8-14(16)15(10)17-18/h3-9H,1-2H3. The zero-order valence-corrected chi connectivity index (χ0v) is 11.1. The van der Waals surface area contributed by atoms with E-state index in [1.165, 1.54) is 13.2 Å². The Balaban J connectivity index is 2.09. The van der Waals surface area contributed by atoms with Crippen LogP contribution in [0, 0.1) is 5.82 Å². The van der Waals surface area contributed by atoms with Gasteiger partial charge in [-0.2, -0.15) is 5.10 Å². The fraction of sp³-hybridized carbons (Fsp3) is 0.133. The fourth-order valence-corrected chi connectivity index (χ4v) is 2.05. The third-order valence-electron chi connectivity index (χ3n) is 3.11. The first-order chi connectivity index (χ1) is 9.71. The molecule has 4 nitrogen and oxygen atoms in total. The summed E-state index contributed by atoms with van der Waals surface area (Å²) in [6, 6.07) is 10.5. The van der Waals surface area contributed by atoms with Crippen LogP contribution in [0.25, 0.3) is 16.6 Å². The molecule has 5 heteroatoms.